The van der Waals surface area contributed by atoms with Gasteiger partial charge in [0.05, 0.1) is 6.20 Å². The summed E-state index contributed by atoms with van der Waals surface area (Å²) in [4.78, 5) is 27.3. The predicted octanol–water partition coefficient (Wildman–Crippen LogP) is 4.00. The molecule has 1 aromatic heterocycles. The highest BCUT2D eigenvalue weighted by Gasteiger charge is 2.30. The molecule has 3 aromatic carbocycles. The Kier molecular flexibility index (Phi) is 6.89. The Morgan fingerprint density at radius 2 is 1.69 bits per heavy atom. The van der Waals surface area contributed by atoms with Crippen LogP contribution in [0.4, 0.5) is 0 Å². The second-order valence-corrected chi connectivity index (χ2v) is 9.35. The van der Waals surface area contributed by atoms with Gasteiger partial charge in [-0.3, -0.25) is 9.59 Å². The molecule has 0 aliphatic carbocycles. The number of hydrogen-bond acceptors (Lipinski definition) is 4. The van der Waals surface area contributed by atoms with Gasteiger partial charge >= 0.3 is 0 Å². The van der Waals surface area contributed by atoms with Gasteiger partial charge in [0.2, 0.25) is 5.91 Å². The van der Waals surface area contributed by atoms with E-state index >= 15 is 0 Å². The van der Waals surface area contributed by atoms with Gasteiger partial charge in [-0.05, 0) is 23.6 Å². The van der Waals surface area contributed by atoms with E-state index in [0.717, 1.165) is 16.7 Å². The average Bonchev–Trinajstić information content (AvgIpc) is 3.51. The van der Waals surface area contributed by atoms with Gasteiger partial charge < -0.3 is 10.2 Å². The van der Waals surface area contributed by atoms with Crippen LogP contribution in [0.5, 0.6) is 0 Å². The summed E-state index contributed by atoms with van der Waals surface area (Å²) >= 11 is 0. The second kappa shape index (κ2) is 10.6. The largest absolute Gasteiger partial charge is 0.350 e. The molecule has 1 fully saturated rings. The van der Waals surface area contributed by atoms with E-state index in [-0.39, 0.29) is 29.5 Å². The molecule has 0 spiro atoms. The van der Waals surface area contributed by atoms with Crippen LogP contribution in [0.25, 0.3) is 0 Å². The molecular weight excluding hydrogens is 450 g/mol. The molecule has 182 valence electrons. The molecule has 0 saturated carbocycles. The third kappa shape index (κ3) is 5.35. The van der Waals surface area contributed by atoms with E-state index in [1.807, 2.05) is 90.7 Å². The second-order valence-electron chi connectivity index (χ2n) is 9.35. The summed E-state index contributed by atoms with van der Waals surface area (Å²) in [5.41, 5.74) is 4.67. The van der Waals surface area contributed by atoms with Crippen LogP contribution in [-0.2, 0) is 11.3 Å². The molecule has 1 N–H and O–H groups in total. The van der Waals surface area contributed by atoms with Crippen LogP contribution in [0.15, 0.2) is 91.1 Å². The van der Waals surface area contributed by atoms with Crippen molar-refractivity contribution in [3.05, 3.63) is 119 Å². The van der Waals surface area contributed by atoms with E-state index in [4.69, 9.17) is 0 Å². The summed E-state index contributed by atoms with van der Waals surface area (Å²) in [5, 5.41) is 11.4. The summed E-state index contributed by atoms with van der Waals surface area (Å²) in [6.45, 7) is 3.69. The van der Waals surface area contributed by atoms with Gasteiger partial charge in [-0.15, -0.1) is 5.10 Å². The first-order valence-corrected chi connectivity index (χ1v) is 12.2. The number of amides is 2. The van der Waals surface area contributed by atoms with Crippen molar-refractivity contribution < 1.29 is 9.59 Å². The number of carbonyl (C=O) groups is 2. The zero-order chi connectivity index (χ0) is 24.9. The smallest absolute Gasteiger partial charge is 0.273 e. The maximum atomic E-state index is 12.9. The molecule has 0 bridgehead atoms. The van der Waals surface area contributed by atoms with Crippen LogP contribution >= 0.6 is 0 Å². The Hall–Kier alpha value is -4.26. The molecule has 2 heterocycles. The van der Waals surface area contributed by atoms with Crippen LogP contribution in [0.2, 0.25) is 0 Å². The molecule has 7 nitrogen and oxygen atoms in total. The van der Waals surface area contributed by atoms with Gasteiger partial charge in [0.15, 0.2) is 5.69 Å². The molecule has 36 heavy (non-hydrogen) atoms. The Bertz CT molecular complexity index is 1300. The minimum atomic E-state index is -0.286. The zero-order valence-corrected chi connectivity index (χ0v) is 20.2. The fraction of sp³-hybridized carbons (Fsp3) is 0.241. The first-order chi connectivity index (χ1) is 17.6. The number of benzene rings is 3. The van der Waals surface area contributed by atoms with Gasteiger partial charge in [0.25, 0.3) is 5.91 Å². The van der Waals surface area contributed by atoms with E-state index < -0.39 is 0 Å². The van der Waals surface area contributed by atoms with Gasteiger partial charge in [0.1, 0.15) is 6.04 Å². The number of carbonyl (C=O) groups excluding carboxylic acids is 2. The third-order valence-electron chi connectivity index (χ3n) is 6.54. The summed E-state index contributed by atoms with van der Waals surface area (Å²) in [7, 11) is 0. The van der Waals surface area contributed by atoms with E-state index in [1.165, 1.54) is 5.56 Å². The van der Waals surface area contributed by atoms with Crippen molar-refractivity contribution in [2.45, 2.75) is 25.9 Å². The van der Waals surface area contributed by atoms with Gasteiger partial charge in [-0.25, -0.2) is 4.68 Å². The summed E-state index contributed by atoms with van der Waals surface area (Å²) in [6, 6.07) is 28.1. The number of likely N-dealkylation sites (tertiary alicyclic amines) is 1. The highest BCUT2D eigenvalue weighted by molar-refractivity contribution is 5.92. The Morgan fingerprint density at radius 1 is 1.00 bits per heavy atom. The number of aryl methyl sites for hydroxylation is 1. The summed E-state index contributed by atoms with van der Waals surface area (Å²) in [5.74, 6) is -0.0938. The van der Waals surface area contributed by atoms with Crippen molar-refractivity contribution in [3.63, 3.8) is 0 Å². The highest BCUT2D eigenvalue weighted by Crippen LogP contribution is 2.26. The van der Waals surface area contributed by atoms with Crippen LogP contribution in [-0.4, -0.2) is 44.8 Å². The van der Waals surface area contributed by atoms with Crippen molar-refractivity contribution in [1.82, 2.24) is 25.2 Å². The van der Waals surface area contributed by atoms with Crippen molar-refractivity contribution in [3.8, 4) is 0 Å². The van der Waals surface area contributed by atoms with E-state index in [9.17, 15) is 9.59 Å². The number of nitrogens with one attached hydrogen (secondary N) is 1. The van der Waals surface area contributed by atoms with E-state index in [1.54, 1.807) is 10.9 Å². The van der Waals surface area contributed by atoms with Crippen LogP contribution in [0.1, 0.15) is 45.2 Å². The first-order valence-electron chi connectivity index (χ1n) is 12.2. The summed E-state index contributed by atoms with van der Waals surface area (Å²) in [6.07, 6.45) is 2.12. The van der Waals surface area contributed by atoms with Crippen molar-refractivity contribution >= 4 is 11.8 Å². The van der Waals surface area contributed by atoms with Crippen molar-refractivity contribution in [1.29, 1.82) is 0 Å². The molecule has 0 radical (unpaired) electrons. The summed E-state index contributed by atoms with van der Waals surface area (Å²) < 4.78 is 1.72. The maximum absolute atomic E-state index is 12.9. The molecule has 7 heteroatoms. The van der Waals surface area contributed by atoms with Gasteiger partial charge in [-0.2, -0.15) is 0 Å². The first kappa shape index (κ1) is 23.5. The van der Waals surface area contributed by atoms with Crippen LogP contribution in [0.3, 0.4) is 0 Å². The number of nitrogens with zero attached hydrogens (tertiary/aromatic N) is 4. The fourth-order valence-electron chi connectivity index (χ4n) is 4.78. The molecule has 5 rings (SSSR count). The quantitative estimate of drug-likeness (QED) is 0.414. The molecule has 1 aliphatic heterocycles. The Balaban J connectivity index is 1.23. The Labute approximate surface area is 210 Å². The van der Waals surface area contributed by atoms with Crippen molar-refractivity contribution in [2.75, 3.05) is 13.1 Å². The fourth-order valence-corrected chi connectivity index (χ4v) is 4.78. The normalized spacial score (nSPS) is 15.4. The van der Waals surface area contributed by atoms with Crippen molar-refractivity contribution in [2.24, 2.45) is 5.92 Å². The zero-order valence-electron chi connectivity index (χ0n) is 20.2. The lowest BCUT2D eigenvalue weighted by molar-refractivity contribution is -0.128. The lowest BCUT2D eigenvalue weighted by Crippen LogP contribution is -2.31. The lowest BCUT2D eigenvalue weighted by Gasteiger charge is -2.18. The van der Waals surface area contributed by atoms with Crippen LogP contribution in [0, 0.1) is 12.8 Å². The standard InChI is InChI=1S/C29H29N5O2/c1-21-9-8-10-22(15-21)18-33-19-23(16-27(33)35)17-30-29(36)26-20-34(32-31-26)28(24-11-4-2-5-12-24)25-13-6-3-7-14-25/h2-15,20,23,28H,16-19H2,1H3,(H,30,36). The SMILES string of the molecule is Cc1cccc(CN2CC(CNC(=O)c3cn(C(c4ccccc4)c4ccccc4)nn3)CC2=O)c1. The van der Waals surface area contributed by atoms with Gasteiger partial charge in [-0.1, -0.05) is 95.7 Å². The third-order valence-corrected chi connectivity index (χ3v) is 6.54. The molecule has 2 amide bonds. The Morgan fingerprint density at radius 3 is 2.36 bits per heavy atom. The molecule has 1 saturated heterocycles. The molecular formula is C29H29N5O2. The van der Waals surface area contributed by atoms with E-state index in [2.05, 4.69) is 21.7 Å². The monoisotopic (exact) mass is 479 g/mol. The number of hydrogen-bond donors (Lipinski definition) is 1. The number of aromatic nitrogens is 3. The molecule has 1 atom stereocenters. The minimum Gasteiger partial charge on any atom is -0.350 e. The highest BCUT2D eigenvalue weighted by atomic mass is 16.2. The molecule has 4 aromatic rings. The molecule has 1 aliphatic rings. The topological polar surface area (TPSA) is 80.1 Å². The minimum absolute atomic E-state index is 0.0719. The lowest BCUT2D eigenvalue weighted by atomic mass is 9.99. The maximum Gasteiger partial charge on any atom is 0.273 e. The number of rotatable bonds is 8. The molecule has 1 unspecified atom stereocenters. The van der Waals surface area contributed by atoms with E-state index in [0.29, 0.717) is 26.1 Å². The van der Waals surface area contributed by atoms with Gasteiger partial charge in [0, 0.05) is 32.0 Å². The predicted molar refractivity (Wildman–Crippen MR) is 137 cm³/mol. The van der Waals surface area contributed by atoms with Crippen LogP contribution < -0.4 is 5.32 Å². The average molecular weight is 480 g/mol.